The number of aryl methyl sites for hydroxylation is 1. The van der Waals surface area contributed by atoms with Gasteiger partial charge in [-0.05, 0) is 61.1 Å². The maximum atomic E-state index is 15.1. The molecule has 6 rings (SSSR count). The number of hydrogen-bond donors (Lipinski definition) is 3. The summed E-state index contributed by atoms with van der Waals surface area (Å²) >= 11 is -1.31. The molecule has 0 spiro atoms. The van der Waals surface area contributed by atoms with E-state index in [-0.39, 0.29) is 17.8 Å². The zero-order valence-electron chi connectivity index (χ0n) is 22.1. The molecule has 0 amide bonds. The molecule has 1 unspecified atom stereocenters. The normalized spacial score (nSPS) is 13.8. The van der Waals surface area contributed by atoms with Gasteiger partial charge in [0.05, 0.1) is 23.3 Å². The predicted molar refractivity (Wildman–Crippen MR) is 154 cm³/mol. The van der Waals surface area contributed by atoms with Crippen LogP contribution >= 0.6 is 11.3 Å². The third kappa shape index (κ3) is 5.73. The number of carboxylic acids is 1. The number of carbonyl (C=O) groups is 1. The number of nitrogens with one attached hydrogen (secondary N) is 1. The van der Waals surface area contributed by atoms with Gasteiger partial charge in [0, 0.05) is 47.3 Å². The van der Waals surface area contributed by atoms with Gasteiger partial charge in [-0.3, -0.25) is 14.0 Å². The first kappa shape index (κ1) is 27.9. The largest absolute Gasteiger partial charge is 0.476 e. The van der Waals surface area contributed by atoms with Crippen LogP contribution in [-0.4, -0.2) is 44.4 Å². The summed E-state index contributed by atoms with van der Waals surface area (Å²) in [6, 6.07) is 9.01. The molecule has 1 saturated carbocycles. The van der Waals surface area contributed by atoms with Crippen molar-refractivity contribution in [3.8, 4) is 27.5 Å². The maximum absolute atomic E-state index is 15.1. The SMILES string of the molecule is Cn1cc(-c2cc(-c3c(Cc4ccc(NS(=O)O)c(F)c4)c(CC4CC4)nn3-c3nc(C(=O)O)cs3)ccc2F)cn1. The smallest absolute Gasteiger partial charge is 0.355 e. The first-order valence-corrected chi connectivity index (χ1v) is 14.9. The van der Waals surface area contributed by atoms with Crippen LogP contribution in [0, 0.1) is 17.6 Å². The summed E-state index contributed by atoms with van der Waals surface area (Å²) in [5, 5.41) is 20.3. The maximum Gasteiger partial charge on any atom is 0.355 e. The second-order valence-corrected chi connectivity index (χ2v) is 11.6. The number of aromatic carboxylic acids is 1. The highest BCUT2D eigenvalue weighted by Crippen LogP contribution is 2.39. The van der Waals surface area contributed by atoms with Gasteiger partial charge in [0.1, 0.15) is 11.6 Å². The van der Waals surface area contributed by atoms with Crippen LogP contribution in [-0.2, 0) is 31.2 Å². The minimum Gasteiger partial charge on any atom is -0.476 e. The lowest BCUT2D eigenvalue weighted by atomic mass is 9.95. The van der Waals surface area contributed by atoms with Crippen LogP contribution in [0.2, 0.25) is 0 Å². The van der Waals surface area contributed by atoms with Gasteiger partial charge >= 0.3 is 5.97 Å². The van der Waals surface area contributed by atoms with Crippen LogP contribution < -0.4 is 4.72 Å². The van der Waals surface area contributed by atoms with Crippen molar-refractivity contribution in [2.24, 2.45) is 13.0 Å². The molecule has 3 N–H and O–H groups in total. The lowest BCUT2D eigenvalue weighted by Gasteiger charge is -2.12. The summed E-state index contributed by atoms with van der Waals surface area (Å²) in [5.41, 5.74) is 3.97. The predicted octanol–water partition coefficient (Wildman–Crippen LogP) is 5.46. The van der Waals surface area contributed by atoms with E-state index < -0.39 is 28.9 Å². The second kappa shape index (κ2) is 11.2. The van der Waals surface area contributed by atoms with Crippen molar-refractivity contribution in [3.63, 3.8) is 0 Å². The minimum absolute atomic E-state index is 0.114. The molecule has 1 aliphatic rings. The average molecular weight is 611 g/mol. The fourth-order valence-electron chi connectivity index (χ4n) is 4.84. The highest BCUT2D eigenvalue weighted by molar-refractivity contribution is 7.80. The first-order valence-electron chi connectivity index (χ1n) is 12.9. The Kier molecular flexibility index (Phi) is 7.43. The summed E-state index contributed by atoms with van der Waals surface area (Å²) in [6.45, 7) is 0. The fraction of sp³-hybridized carbons (Fsp3) is 0.214. The Bertz CT molecular complexity index is 1850. The number of thiazole rings is 1. The van der Waals surface area contributed by atoms with Crippen molar-refractivity contribution >= 4 is 34.3 Å². The van der Waals surface area contributed by atoms with E-state index in [0.717, 1.165) is 35.4 Å². The van der Waals surface area contributed by atoms with E-state index >= 15 is 4.39 Å². The quantitative estimate of drug-likeness (QED) is 0.179. The Morgan fingerprint density at radius 2 is 1.98 bits per heavy atom. The van der Waals surface area contributed by atoms with Crippen LogP contribution in [0.1, 0.15) is 40.2 Å². The summed E-state index contributed by atoms with van der Waals surface area (Å²) in [4.78, 5) is 15.9. The molecule has 10 nitrogen and oxygen atoms in total. The van der Waals surface area contributed by atoms with Crippen molar-refractivity contribution < 1.29 is 27.4 Å². The molecule has 2 aromatic carbocycles. The molecule has 0 saturated heterocycles. The van der Waals surface area contributed by atoms with E-state index in [2.05, 4.69) is 14.8 Å². The minimum atomic E-state index is -2.43. The molecular weight excluding hydrogens is 586 g/mol. The number of carboxylic acid groups (broad SMARTS) is 1. The third-order valence-electron chi connectivity index (χ3n) is 7.01. The zero-order chi connectivity index (χ0) is 29.5. The molecule has 3 aromatic heterocycles. The van der Waals surface area contributed by atoms with Gasteiger partial charge in [0.15, 0.2) is 5.69 Å². The standard InChI is InChI=1S/C28H24F2N6O4S2/c1-35-13-18(12-31-35)19-11-17(5-6-21(19)29)26-20(8-16-4-7-23(22(30)9-16)34-42(39)40)24(10-15-2-3-15)33-36(26)28-32-25(14-41-28)27(37)38/h4-7,9,11-15,34H,2-3,8,10H2,1H3,(H,37,38)(H,39,40). The van der Waals surface area contributed by atoms with E-state index in [9.17, 15) is 18.5 Å². The Morgan fingerprint density at radius 1 is 1.17 bits per heavy atom. The molecule has 1 fully saturated rings. The van der Waals surface area contributed by atoms with Crippen LogP contribution in [0.15, 0.2) is 54.2 Å². The lowest BCUT2D eigenvalue weighted by Crippen LogP contribution is -2.05. The molecular formula is C28H24F2N6O4S2. The van der Waals surface area contributed by atoms with Gasteiger partial charge in [-0.2, -0.15) is 10.2 Å². The van der Waals surface area contributed by atoms with Gasteiger partial charge in [0.2, 0.25) is 5.13 Å². The first-order chi connectivity index (χ1) is 20.2. The van der Waals surface area contributed by atoms with Crippen molar-refractivity contribution in [3.05, 3.63) is 88.3 Å². The van der Waals surface area contributed by atoms with E-state index in [4.69, 9.17) is 9.65 Å². The molecule has 3 heterocycles. The van der Waals surface area contributed by atoms with E-state index in [1.165, 1.54) is 23.6 Å². The second-order valence-electron chi connectivity index (χ2n) is 10.1. The van der Waals surface area contributed by atoms with E-state index in [1.54, 1.807) is 47.0 Å². The van der Waals surface area contributed by atoms with Crippen molar-refractivity contribution in [1.82, 2.24) is 24.5 Å². The summed E-state index contributed by atoms with van der Waals surface area (Å²) in [5.74, 6) is -1.86. The van der Waals surface area contributed by atoms with Gasteiger partial charge in [-0.1, -0.05) is 6.07 Å². The number of hydrogen-bond acceptors (Lipinski definition) is 6. The van der Waals surface area contributed by atoms with Crippen LogP contribution in [0.25, 0.3) is 27.5 Å². The van der Waals surface area contributed by atoms with Gasteiger partial charge in [-0.25, -0.2) is 27.5 Å². The van der Waals surface area contributed by atoms with Gasteiger partial charge in [-0.15, -0.1) is 11.3 Å². The molecule has 0 aliphatic heterocycles. The molecule has 14 heteroatoms. The Hall–Kier alpha value is -4.27. The number of rotatable bonds is 10. The van der Waals surface area contributed by atoms with Gasteiger partial charge in [0.25, 0.3) is 11.3 Å². The van der Waals surface area contributed by atoms with Crippen molar-refractivity contribution in [1.29, 1.82) is 0 Å². The summed E-state index contributed by atoms with van der Waals surface area (Å²) in [6.07, 6.45) is 6.28. The van der Waals surface area contributed by atoms with Crippen LogP contribution in [0.5, 0.6) is 0 Å². The van der Waals surface area contributed by atoms with Crippen LogP contribution in [0.3, 0.4) is 0 Å². The highest BCUT2D eigenvalue weighted by Gasteiger charge is 2.29. The summed E-state index contributed by atoms with van der Waals surface area (Å²) in [7, 11) is 1.74. The topological polar surface area (TPSA) is 135 Å². The molecule has 42 heavy (non-hydrogen) atoms. The van der Waals surface area contributed by atoms with Gasteiger partial charge < -0.3 is 5.11 Å². The molecule has 1 atom stereocenters. The third-order valence-corrected chi connectivity index (χ3v) is 8.22. The average Bonchev–Trinajstić information content (AvgIpc) is 3.29. The lowest BCUT2D eigenvalue weighted by molar-refractivity contribution is 0.0691. The monoisotopic (exact) mass is 610 g/mol. The number of anilines is 1. The zero-order valence-corrected chi connectivity index (χ0v) is 23.8. The molecule has 0 bridgehead atoms. The number of nitrogens with zero attached hydrogens (tertiary/aromatic N) is 5. The molecule has 1 aliphatic carbocycles. The van der Waals surface area contributed by atoms with E-state index in [0.29, 0.717) is 45.4 Å². The number of benzene rings is 2. The van der Waals surface area contributed by atoms with Crippen LogP contribution in [0.4, 0.5) is 14.5 Å². The fourth-order valence-corrected chi connectivity index (χ4v) is 5.95. The summed E-state index contributed by atoms with van der Waals surface area (Å²) < 4.78 is 55.5. The number of aromatic nitrogens is 5. The van der Waals surface area contributed by atoms with Crippen molar-refractivity contribution in [2.45, 2.75) is 25.7 Å². The van der Waals surface area contributed by atoms with Crippen molar-refractivity contribution in [2.75, 3.05) is 4.72 Å². The molecule has 0 radical (unpaired) electrons. The van der Waals surface area contributed by atoms with E-state index in [1.807, 2.05) is 0 Å². The molecule has 216 valence electrons. The Morgan fingerprint density at radius 3 is 2.62 bits per heavy atom. The Balaban J connectivity index is 1.53. The highest BCUT2D eigenvalue weighted by atomic mass is 32.2. The number of halogens is 2. The Labute approximate surface area is 245 Å². The molecule has 5 aromatic rings.